The van der Waals surface area contributed by atoms with Gasteiger partial charge >= 0.3 is 12.3 Å². The minimum atomic E-state index is -4.58. The fraction of sp³-hybridized carbons (Fsp3) is 0.429. The summed E-state index contributed by atoms with van der Waals surface area (Å²) in [4.78, 5) is 27.9. The molecule has 1 aliphatic heterocycles. The summed E-state index contributed by atoms with van der Waals surface area (Å²) < 4.78 is 38.0. The maximum Gasteiger partial charge on any atom is 0.416 e. The molecule has 2 N–H and O–H groups in total. The van der Waals surface area contributed by atoms with Crippen LogP contribution in [-0.4, -0.2) is 40.1 Å². The number of piperidine rings is 1. The Bertz CT molecular complexity index is 691. The van der Waals surface area contributed by atoms with Gasteiger partial charge in [0.2, 0.25) is 5.91 Å². The topological polar surface area (TPSA) is 106 Å². The molecule has 0 aliphatic carbocycles. The number of rotatable bonds is 2. The first-order valence-corrected chi connectivity index (χ1v) is 6.92. The largest absolute Gasteiger partial charge is 0.465 e. The third kappa shape index (κ3) is 3.56. The molecule has 1 fully saturated rings. The second-order valence-electron chi connectivity index (χ2n) is 5.35. The number of carbonyl (C=O) groups excluding carboxylic acids is 1. The molecule has 0 atom stereocenters. The molecule has 0 spiro atoms. The zero-order chi connectivity index (χ0) is 18.0. The number of halogens is 3. The Morgan fingerprint density at radius 2 is 2.00 bits per heavy atom. The first-order chi connectivity index (χ1) is 11.2. The Morgan fingerprint density at radius 3 is 2.50 bits per heavy atom. The van der Waals surface area contributed by atoms with Crippen molar-refractivity contribution in [1.29, 1.82) is 5.26 Å². The molecule has 24 heavy (non-hydrogen) atoms. The Hall–Kier alpha value is -2.83. The van der Waals surface area contributed by atoms with Crippen molar-refractivity contribution in [2.24, 2.45) is 5.41 Å². The molecule has 2 amide bonds. The van der Waals surface area contributed by atoms with Crippen molar-refractivity contribution in [2.75, 3.05) is 18.4 Å². The maximum absolute atomic E-state index is 12.7. The Kier molecular flexibility index (Phi) is 4.64. The van der Waals surface area contributed by atoms with Gasteiger partial charge in [-0.15, -0.1) is 0 Å². The number of nitrogens with one attached hydrogen (secondary N) is 1. The lowest BCUT2D eigenvalue weighted by atomic mass is 9.79. The van der Waals surface area contributed by atoms with Gasteiger partial charge in [0.15, 0.2) is 0 Å². The van der Waals surface area contributed by atoms with Gasteiger partial charge in [-0.2, -0.15) is 18.4 Å². The van der Waals surface area contributed by atoms with Crippen LogP contribution in [0.25, 0.3) is 0 Å². The predicted molar refractivity (Wildman–Crippen MR) is 74.7 cm³/mol. The molecule has 2 heterocycles. The molecule has 1 aromatic rings. The number of carboxylic acid groups (broad SMARTS) is 1. The number of likely N-dealkylation sites (tertiary alicyclic amines) is 1. The molecular formula is C14H13F3N4O3. The molecule has 2 rings (SSSR count). The van der Waals surface area contributed by atoms with Crippen LogP contribution in [0.2, 0.25) is 0 Å². The number of amides is 2. The Morgan fingerprint density at radius 1 is 1.38 bits per heavy atom. The number of nitrogens with zero attached hydrogens (tertiary/aromatic N) is 3. The fourth-order valence-corrected chi connectivity index (χ4v) is 2.38. The first-order valence-electron chi connectivity index (χ1n) is 6.92. The number of anilines is 1. The van der Waals surface area contributed by atoms with E-state index in [1.54, 1.807) is 0 Å². The number of carbonyl (C=O) groups is 2. The Balaban J connectivity index is 2.14. The van der Waals surface area contributed by atoms with Crippen LogP contribution in [0.5, 0.6) is 0 Å². The number of pyridine rings is 1. The third-order valence-electron chi connectivity index (χ3n) is 3.87. The number of alkyl halides is 3. The van der Waals surface area contributed by atoms with Gasteiger partial charge in [-0.25, -0.2) is 9.78 Å². The van der Waals surface area contributed by atoms with Gasteiger partial charge in [-0.1, -0.05) is 0 Å². The van der Waals surface area contributed by atoms with Crippen molar-refractivity contribution in [1.82, 2.24) is 9.88 Å². The van der Waals surface area contributed by atoms with E-state index in [2.05, 4.69) is 10.3 Å². The molecule has 0 unspecified atom stereocenters. The van der Waals surface area contributed by atoms with E-state index in [-0.39, 0.29) is 31.7 Å². The number of hydrogen-bond acceptors (Lipinski definition) is 4. The van der Waals surface area contributed by atoms with E-state index >= 15 is 0 Å². The molecule has 7 nitrogen and oxygen atoms in total. The van der Waals surface area contributed by atoms with Crippen molar-refractivity contribution in [3.05, 3.63) is 23.9 Å². The number of nitriles is 1. The van der Waals surface area contributed by atoms with Crippen molar-refractivity contribution in [3.8, 4) is 6.07 Å². The fourth-order valence-electron chi connectivity index (χ4n) is 2.38. The molecule has 0 bridgehead atoms. The molecule has 0 saturated carbocycles. The van der Waals surface area contributed by atoms with Gasteiger partial charge in [-0.05, 0) is 25.0 Å². The molecule has 1 saturated heterocycles. The first kappa shape index (κ1) is 17.5. The van der Waals surface area contributed by atoms with Crippen LogP contribution in [0, 0.1) is 16.7 Å². The van der Waals surface area contributed by atoms with Gasteiger partial charge in [0.05, 0.1) is 11.6 Å². The van der Waals surface area contributed by atoms with Gasteiger partial charge < -0.3 is 15.3 Å². The van der Waals surface area contributed by atoms with Crippen molar-refractivity contribution < 1.29 is 27.9 Å². The smallest absolute Gasteiger partial charge is 0.416 e. The number of aromatic nitrogens is 1. The van der Waals surface area contributed by atoms with E-state index in [4.69, 9.17) is 5.11 Å². The molecule has 1 aromatic heterocycles. The van der Waals surface area contributed by atoms with E-state index in [1.807, 2.05) is 6.07 Å². The summed E-state index contributed by atoms with van der Waals surface area (Å²) in [7, 11) is 0. The maximum atomic E-state index is 12.7. The van der Waals surface area contributed by atoms with Gasteiger partial charge in [-0.3, -0.25) is 4.79 Å². The van der Waals surface area contributed by atoms with Crippen LogP contribution in [0.15, 0.2) is 18.3 Å². The van der Waals surface area contributed by atoms with Crippen LogP contribution in [0.3, 0.4) is 0 Å². The Labute approximate surface area is 134 Å². The van der Waals surface area contributed by atoms with E-state index in [1.165, 1.54) is 0 Å². The predicted octanol–water partition coefficient (Wildman–Crippen LogP) is 2.32. The van der Waals surface area contributed by atoms with Crippen LogP contribution in [-0.2, 0) is 11.0 Å². The lowest BCUT2D eigenvalue weighted by molar-refractivity contribution is -0.137. The zero-order valence-electron chi connectivity index (χ0n) is 12.3. The average molecular weight is 342 g/mol. The van der Waals surface area contributed by atoms with E-state index in [0.29, 0.717) is 6.07 Å². The summed E-state index contributed by atoms with van der Waals surface area (Å²) >= 11 is 0. The minimum Gasteiger partial charge on any atom is -0.465 e. The highest BCUT2D eigenvalue weighted by Gasteiger charge is 2.43. The zero-order valence-corrected chi connectivity index (χ0v) is 12.3. The normalized spacial score (nSPS) is 17.0. The van der Waals surface area contributed by atoms with Crippen molar-refractivity contribution >= 4 is 17.8 Å². The lowest BCUT2D eigenvalue weighted by Crippen LogP contribution is -2.47. The van der Waals surface area contributed by atoms with Gasteiger partial charge in [0, 0.05) is 19.3 Å². The summed E-state index contributed by atoms with van der Waals surface area (Å²) in [6.07, 6.45) is -4.91. The molecule has 1 aliphatic rings. The summed E-state index contributed by atoms with van der Waals surface area (Å²) in [5.74, 6) is -1.10. The van der Waals surface area contributed by atoms with Gasteiger partial charge in [0.25, 0.3) is 0 Å². The molecule has 10 heteroatoms. The molecule has 0 aromatic carbocycles. The molecular weight excluding hydrogens is 329 g/mol. The summed E-state index contributed by atoms with van der Waals surface area (Å²) in [5, 5.41) is 20.4. The van der Waals surface area contributed by atoms with Crippen LogP contribution >= 0.6 is 0 Å². The van der Waals surface area contributed by atoms with E-state index in [9.17, 15) is 28.0 Å². The van der Waals surface area contributed by atoms with E-state index in [0.717, 1.165) is 17.2 Å². The quantitative estimate of drug-likeness (QED) is 0.858. The minimum absolute atomic E-state index is 0.00761. The second kappa shape index (κ2) is 6.35. The molecule has 128 valence electrons. The monoisotopic (exact) mass is 342 g/mol. The van der Waals surface area contributed by atoms with E-state index < -0.39 is 29.2 Å². The standard InChI is InChI=1S/C14H13F3N4O3/c15-14(16,17)9-1-4-19-10(7-9)20-11(22)13(8-18)2-5-21(6-3-13)12(23)24/h1,4,7H,2-3,5-6H2,(H,23,24)(H,19,20,22). The highest BCUT2D eigenvalue weighted by molar-refractivity contribution is 5.96. The summed E-state index contributed by atoms with van der Waals surface area (Å²) in [6, 6.07) is 3.30. The highest BCUT2D eigenvalue weighted by Crippen LogP contribution is 2.33. The molecule has 0 radical (unpaired) electrons. The summed E-state index contributed by atoms with van der Waals surface area (Å²) in [5.41, 5.74) is -2.47. The van der Waals surface area contributed by atoms with Crippen molar-refractivity contribution in [2.45, 2.75) is 19.0 Å². The third-order valence-corrected chi connectivity index (χ3v) is 3.87. The summed E-state index contributed by atoms with van der Waals surface area (Å²) in [6.45, 7) is -0.0152. The number of hydrogen-bond donors (Lipinski definition) is 2. The lowest BCUT2D eigenvalue weighted by Gasteiger charge is -2.34. The van der Waals surface area contributed by atoms with Crippen LogP contribution in [0.4, 0.5) is 23.8 Å². The van der Waals surface area contributed by atoms with Crippen LogP contribution < -0.4 is 5.32 Å². The highest BCUT2D eigenvalue weighted by atomic mass is 19.4. The van der Waals surface area contributed by atoms with Crippen LogP contribution in [0.1, 0.15) is 18.4 Å². The SMILES string of the molecule is N#CC1(C(=O)Nc2cc(C(F)(F)F)ccn2)CCN(C(=O)O)CC1. The average Bonchev–Trinajstić information content (AvgIpc) is 2.54. The second-order valence-corrected chi connectivity index (χ2v) is 5.35. The van der Waals surface area contributed by atoms with Gasteiger partial charge in [0.1, 0.15) is 11.2 Å². The van der Waals surface area contributed by atoms with Crippen molar-refractivity contribution in [3.63, 3.8) is 0 Å².